The maximum absolute atomic E-state index is 13.5. The normalized spacial score (nSPS) is 12.3. The second-order valence-corrected chi connectivity index (χ2v) is 7.42. The second kappa shape index (κ2) is 7.36. The summed E-state index contributed by atoms with van der Waals surface area (Å²) < 4.78 is 19.4. The Hall–Kier alpha value is -2.94. The van der Waals surface area contributed by atoms with Crippen molar-refractivity contribution >= 4 is 39.3 Å². The topological polar surface area (TPSA) is 104 Å². The fourth-order valence-corrected chi connectivity index (χ4v) is 3.41. The molecule has 0 fully saturated rings. The van der Waals surface area contributed by atoms with Crippen molar-refractivity contribution in [1.82, 2.24) is 10.3 Å². The predicted molar refractivity (Wildman–Crippen MR) is 99.7 cm³/mol. The first-order valence-corrected chi connectivity index (χ1v) is 9.03. The van der Waals surface area contributed by atoms with Crippen LogP contribution in [0.1, 0.15) is 41.0 Å². The summed E-state index contributed by atoms with van der Waals surface area (Å²) in [6.45, 7) is 5.67. The predicted octanol–water partition coefficient (Wildman–Crippen LogP) is 4.55. The van der Waals surface area contributed by atoms with Gasteiger partial charge < -0.3 is 14.8 Å². The fraction of sp³-hybridized carbons (Fsp3) is 0.278. The van der Waals surface area contributed by atoms with Crippen molar-refractivity contribution in [3.05, 3.63) is 46.5 Å². The van der Waals surface area contributed by atoms with Crippen molar-refractivity contribution in [3.63, 3.8) is 0 Å². The number of aryl methyl sites for hydroxylation is 1. The SMILES string of the molecule is Cc1c(C(NC(=O)Nc2cnc(C(=O)O)s2)C(C)C)oc2ccc(F)cc12. The number of carbonyl (C=O) groups is 2. The minimum absolute atomic E-state index is 0.00380. The number of rotatable bonds is 5. The number of hydrogen-bond acceptors (Lipinski definition) is 5. The molecule has 9 heteroatoms. The molecular weight excluding hydrogens is 373 g/mol. The molecule has 2 heterocycles. The van der Waals surface area contributed by atoms with E-state index in [1.807, 2.05) is 20.8 Å². The van der Waals surface area contributed by atoms with Crippen LogP contribution in [0.2, 0.25) is 0 Å². The number of carboxylic acids is 1. The van der Waals surface area contributed by atoms with Gasteiger partial charge in [0, 0.05) is 10.9 Å². The lowest BCUT2D eigenvalue weighted by Crippen LogP contribution is -2.35. The number of aromatic nitrogens is 1. The summed E-state index contributed by atoms with van der Waals surface area (Å²) in [6.07, 6.45) is 1.29. The molecule has 3 rings (SSSR count). The molecule has 1 atom stereocenters. The fourth-order valence-electron chi connectivity index (χ4n) is 2.76. The highest BCUT2D eigenvalue weighted by Crippen LogP contribution is 2.33. The summed E-state index contributed by atoms with van der Waals surface area (Å²) >= 11 is 0.861. The number of benzene rings is 1. The largest absolute Gasteiger partial charge is 0.476 e. The van der Waals surface area contributed by atoms with E-state index in [0.29, 0.717) is 21.7 Å². The van der Waals surface area contributed by atoms with Gasteiger partial charge in [-0.3, -0.25) is 5.32 Å². The van der Waals surface area contributed by atoms with E-state index < -0.39 is 18.0 Å². The molecule has 0 saturated carbocycles. The zero-order valence-electron chi connectivity index (χ0n) is 14.9. The first-order valence-electron chi connectivity index (χ1n) is 8.21. The molecule has 7 nitrogen and oxygen atoms in total. The van der Waals surface area contributed by atoms with Crippen LogP contribution in [0.5, 0.6) is 0 Å². The number of fused-ring (bicyclic) bond motifs is 1. The van der Waals surface area contributed by atoms with E-state index >= 15 is 0 Å². The molecule has 0 saturated heterocycles. The Morgan fingerprint density at radius 3 is 2.70 bits per heavy atom. The van der Waals surface area contributed by atoms with Gasteiger partial charge in [-0.05, 0) is 31.0 Å². The molecule has 1 unspecified atom stereocenters. The summed E-state index contributed by atoms with van der Waals surface area (Å²) in [5.74, 6) is -0.963. The van der Waals surface area contributed by atoms with Gasteiger partial charge in [-0.1, -0.05) is 25.2 Å². The highest BCUT2D eigenvalue weighted by atomic mass is 32.1. The first kappa shape index (κ1) is 18.8. The van der Waals surface area contributed by atoms with Crippen LogP contribution in [0.15, 0.2) is 28.8 Å². The molecule has 0 aliphatic carbocycles. The molecule has 2 aromatic heterocycles. The van der Waals surface area contributed by atoms with E-state index in [-0.39, 0.29) is 16.7 Å². The minimum Gasteiger partial charge on any atom is -0.476 e. The number of aromatic carboxylic acids is 1. The minimum atomic E-state index is -1.15. The van der Waals surface area contributed by atoms with Gasteiger partial charge in [0.25, 0.3) is 0 Å². The second-order valence-electron chi connectivity index (χ2n) is 6.39. The molecule has 0 spiro atoms. The highest BCUT2D eigenvalue weighted by molar-refractivity contribution is 7.17. The Balaban J connectivity index is 1.82. The van der Waals surface area contributed by atoms with E-state index in [4.69, 9.17) is 9.52 Å². The Bertz CT molecular complexity index is 1010. The van der Waals surface area contributed by atoms with Gasteiger partial charge in [0.15, 0.2) is 0 Å². The zero-order valence-corrected chi connectivity index (χ0v) is 15.7. The van der Waals surface area contributed by atoms with Gasteiger partial charge >= 0.3 is 12.0 Å². The standard InChI is InChI=1S/C18H18FN3O4S/c1-8(2)14(15-9(3)11-6-10(19)4-5-12(11)26-15)22-18(25)21-13-7-20-16(27-13)17(23)24/h4-8,14H,1-3H3,(H,23,24)(H2,21,22,25). The summed E-state index contributed by atoms with van der Waals surface area (Å²) in [7, 11) is 0. The number of thiazole rings is 1. The molecular formula is C18H18FN3O4S. The van der Waals surface area contributed by atoms with E-state index in [1.165, 1.54) is 18.3 Å². The van der Waals surface area contributed by atoms with Crippen molar-refractivity contribution in [3.8, 4) is 0 Å². The van der Waals surface area contributed by atoms with Crippen molar-refractivity contribution in [2.75, 3.05) is 5.32 Å². The van der Waals surface area contributed by atoms with Crippen LogP contribution < -0.4 is 10.6 Å². The number of hydrogen-bond donors (Lipinski definition) is 3. The van der Waals surface area contributed by atoms with Crippen LogP contribution in [-0.4, -0.2) is 22.1 Å². The molecule has 3 N–H and O–H groups in total. The average Bonchev–Trinajstić information content (AvgIpc) is 3.18. The van der Waals surface area contributed by atoms with Crippen molar-refractivity contribution in [2.45, 2.75) is 26.8 Å². The number of urea groups is 1. The molecule has 0 aliphatic rings. The van der Waals surface area contributed by atoms with E-state index in [0.717, 1.165) is 16.9 Å². The number of carbonyl (C=O) groups excluding carboxylic acids is 1. The number of carboxylic acid groups (broad SMARTS) is 1. The summed E-state index contributed by atoms with van der Waals surface area (Å²) in [5.41, 5.74) is 1.31. The number of nitrogens with zero attached hydrogens (tertiary/aromatic N) is 1. The third-order valence-corrected chi connectivity index (χ3v) is 5.00. The van der Waals surface area contributed by atoms with Crippen molar-refractivity contribution in [1.29, 1.82) is 0 Å². The monoisotopic (exact) mass is 391 g/mol. The lowest BCUT2D eigenvalue weighted by Gasteiger charge is -2.21. The molecule has 2 amide bonds. The number of nitrogens with one attached hydrogen (secondary N) is 2. The van der Waals surface area contributed by atoms with E-state index in [2.05, 4.69) is 15.6 Å². The van der Waals surface area contributed by atoms with E-state index in [9.17, 15) is 14.0 Å². The van der Waals surface area contributed by atoms with Crippen molar-refractivity contribution < 1.29 is 23.5 Å². The van der Waals surface area contributed by atoms with Crippen LogP contribution in [0, 0.1) is 18.7 Å². The van der Waals surface area contributed by atoms with Gasteiger partial charge in [0.2, 0.25) is 5.01 Å². The third-order valence-electron chi connectivity index (χ3n) is 4.10. The number of halogens is 1. The molecule has 3 aromatic rings. The summed E-state index contributed by atoms with van der Waals surface area (Å²) in [4.78, 5) is 27.0. The quantitative estimate of drug-likeness (QED) is 0.592. The maximum atomic E-state index is 13.5. The van der Waals surface area contributed by atoms with Gasteiger partial charge in [-0.25, -0.2) is 19.0 Å². The number of amides is 2. The molecule has 1 aromatic carbocycles. The molecule has 0 radical (unpaired) electrons. The molecule has 0 aliphatic heterocycles. The number of furan rings is 1. The highest BCUT2D eigenvalue weighted by Gasteiger charge is 2.25. The Morgan fingerprint density at radius 1 is 1.33 bits per heavy atom. The van der Waals surface area contributed by atoms with Gasteiger partial charge in [-0.15, -0.1) is 0 Å². The van der Waals surface area contributed by atoms with Crippen LogP contribution in [0.3, 0.4) is 0 Å². The summed E-state index contributed by atoms with van der Waals surface area (Å²) in [5, 5.41) is 15.2. The zero-order chi connectivity index (χ0) is 19.7. The Labute approximate surface area is 158 Å². The Morgan fingerprint density at radius 2 is 2.07 bits per heavy atom. The van der Waals surface area contributed by atoms with E-state index in [1.54, 1.807) is 6.07 Å². The van der Waals surface area contributed by atoms with Crippen LogP contribution in [0.4, 0.5) is 14.2 Å². The average molecular weight is 391 g/mol. The molecule has 142 valence electrons. The molecule has 27 heavy (non-hydrogen) atoms. The van der Waals surface area contributed by atoms with Gasteiger partial charge in [-0.2, -0.15) is 0 Å². The maximum Gasteiger partial charge on any atom is 0.365 e. The smallest absolute Gasteiger partial charge is 0.365 e. The van der Waals surface area contributed by atoms with Crippen LogP contribution in [0.25, 0.3) is 11.0 Å². The van der Waals surface area contributed by atoms with Gasteiger partial charge in [0.05, 0.1) is 12.2 Å². The van der Waals surface area contributed by atoms with Crippen LogP contribution in [-0.2, 0) is 0 Å². The third kappa shape index (κ3) is 3.92. The molecule has 0 bridgehead atoms. The van der Waals surface area contributed by atoms with Gasteiger partial charge in [0.1, 0.15) is 22.2 Å². The summed E-state index contributed by atoms with van der Waals surface area (Å²) in [6, 6.07) is 3.32. The van der Waals surface area contributed by atoms with Crippen molar-refractivity contribution in [2.24, 2.45) is 5.92 Å². The lowest BCUT2D eigenvalue weighted by molar-refractivity contribution is 0.0696. The lowest BCUT2D eigenvalue weighted by atomic mass is 9.98. The Kier molecular flexibility index (Phi) is 5.13. The number of anilines is 1. The van der Waals surface area contributed by atoms with Crippen LogP contribution >= 0.6 is 11.3 Å². The first-order chi connectivity index (χ1) is 12.8.